The Labute approximate surface area is 90.0 Å². The number of hydrogen-bond donors (Lipinski definition) is 1. The van der Waals surface area contributed by atoms with Crippen LogP contribution in [-0.2, 0) is 0 Å². The van der Waals surface area contributed by atoms with Gasteiger partial charge < -0.3 is 0 Å². The summed E-state index contributed by atoms with van der Waals surface area (Å²) in [6.45, 7) is 3.10. The van der Waals surface area contributed by atoms with Crippen molar-refractivity contribution in [3.63, 3.8) is 0 Å². The van der Waals surface area contributed by atoms with Crippen molar-refractivity contribution in [3.8, 4) is 6.19 Å². The van der Waals surface area contributed by atoms with E-state index < -0.39 is 0 Å². The molecule has 0 aliphatic heterocycles. The molecule has 0 atom stereocenters. The minimum absolute atomic E-state index is 0.479. The molecule has 1 aliphatic rings. The fourth-order valence-electron chi connectivity index (χ4n) is 1.64. The Morgan fingerprint density at radius 3 is 2.79 bits per heavy atom. The molecule has 0 aromatic heterocycles. The third kappa shape index (κ3) is 3.22. The standard InChI is InChI=1S/C10H17N3S/c1-3-4-10(5-6-10)7-12-9(14-2)13-8-11/h3-7H2,1-2H3,(H,12,13). The van der Waals surface area contributed by atoms with E-state index in [-0.39, 0.29) is 0 Å². The Bertz CT molecular complexity index is 251. The molecule has 0 bridgehead atoms. The highest BCUT2D eigenvalue weighted by Gasteiger charge is 2.41. The van der Waals surface area contributed by atoms with Crippen molar-refractivity contribution in [2.45, 2.75) is 32.6 Å². The molecular weight excluding hydrogens is 194 g/mol. The molecule has 78 valence electrons. The Morgan fingerprint density at radius 2 is 2.36 bits per heavy atom. The van der Waals surface area contributed by atoms with Gasteiger partial charge in [-0.2, -0.15) is 5.26 Å². The first kappa shape index (κ1) is 11.4. The van der Waals surface area contributed by atoms with Crippen molar-refractivity contribution in [2.24, 2.45) is 10.4 Å². The number of nitriles is 1. The first-order valence-electron chi connectivity index (χ1n) is 5.00. The second-order valence-electron chi connectivity index (χ2n) is 3.81. The summed E-state index contributed by atoms with van der Waals surface area (Å²) in [5, 5.41) is 11.8. The Kier molecular flexibility index (Phi) is 4.27. The van der Waals surface area contributed by atoms with Crippen LogP contribution in [0.3, 0.4) is 0 Å². The maximum Gasteiger partial charge on any atom is 0.183 e. The lowest BCUT2D eigenvalue weighted by Gasteiger charge is -2.10. The molecular formula is C10H17N3S. The average Bonchev–Trinajstić information content (AvgIpc) is 2.94. The van der Waals surface area contributed by atoms with Crippen molar-refractivity contribution in [3.05, 3.63) is 0 Å². The number of thioether (sulfide) groups is 1. The summed E-state index contributed by atoms with van der Waals surface area (Å²) < 4.78 is 0. The molecule has 0 heterocycles. The quantitative estimate of drug-likeness (QED) is 0.336. The van der Waals surface area contributed by atoms with E-state index in [1.807, 2.05) is 12.4 Å². The van der Waals surface area contributed by atoms with Gasteiger partial charge in [0.1, 0.15) is 0 Å². The van der Waals surface area contributed by atoms with Crippen LogP contribution in [0.1, 0.15) is 32.6 Å². The fourth-order valence-corrected chi connectivity index (χ4v) is 1.98. The van der Waals surface area contributed by atoms with Crippen LogP contribution in [0.25, 0.3) is 0 Å². The van der Waals surface area contributed by atoms with E-state index in [0.29, 0.717) is 5.41 Å². The van der Waals surface area contributed by atoms with E-state index in [9.17, 15) is 0 Å². The molecule has 0 aromatic carbocycles. The number of aliphatic imine (C=N–C) groups is 1. The zero-order chi connectivity index (χ0) is 10.4. The number of rotatable bonds is 4. The topological polar surface area (TPSA) is 48.2 Å². The number of amidine groups is 1. The first-order chi connectivity index (χ1) is 6.76. The Balaban J connectivity index is 2.40. The van der Waals surface area contributed by atoms with Crippen LogP contribution in [0, 0.1) is 16.9 Å². The van der Waals surface area contributed by atoms with Crippen molar-refractivity contribution in [2.75, 3.05) is 12.8 Å². The number of nitrogens with zero attached hydrogens (tertiary/aromatic N) is 2. The minimum Gasteiger partial charge on any atom is -0.272 e. The largest absolute Gasteiger partial charge is 0.272 e. The first-order valence-corrected chi connectivity index (χ1v) is 6.22. The van der Waals surface area contributed by atoms with E-state index in [1.54, 1.807) is 0 Å². The van der Waals surface area contributed by atoms with Gasteiger partial charge in [0.25, 0.3) is 0 Å². The molecule has 0 aromatic rings. The van der Waals surface area contributed by atoms with Crippen LogP contribution in [0.4, 0.5) is 0 Å². The monoisotopic (exact) mass is 211 g/mol. The molecule has 1 saturated carbocycles. The van der Waals surface area contributed by atoms with E-state index in [2.05, 4.69) is 17.2 Å². The molecule has 1 fully saturated rings. The molecule has 4 heteroatoms. The molecule has 0 saturated heterocycles. The van der Waals surface area contributed by atoms with Crippen LogP contribution < -0.4 is 5.32 Å². The van der Waals surface area contributed by atoms with Crippen molar-refractivity contribution in [1.82, 2.24) is 5.32 Å². The van der Waals surface area contributed by atoms with Gasteiger partial charge in [0, 0.05) is 6.54 Å². The van der Waals surface area contributed by atoms with Gasteiger partial charge >= 0.3 is 0 Å². The van der Waals surface area contributed by atoms with E-state index in [4.69, 9.17) is 5.26 Å². The van der Waals surface area contributed by atoms with Crippen LogP contribution >= 0.6 is 11.8 Å². The summed E-state index contributed by atoms with van der Waals surface area (Å²) in [5.74, 6) is 0. The summed E-state index contributed by atoms with van der Waals surface area (Å²) in [6, 6.07) is 0. The maximum atomic E-state index is 8.46. The molecule has 0 radical (unpaired) electrons. The van der Waals surface area contributed by atoms with Gasteiger partial charge in [-0.1, -0.05) is 25.1 Å². The van der Waals surface area contributed by atoms with Crippen LogP contribution in [0.15, 0.2) is 4.99 Å². The van der Waals surface area contributed by atoms with E-state index in [1.165, 1.54) is 37.4 Å². The molecule has 1 N–H and O–H groups in total. The van der Waals surface area contributed by atoms with Gasteiger partial charge in [-0.05, 0) is 30.9 Å². The van der Waals surface area contributed by atoms with Gasteiger partial charge in [0.05, 0.1) is 0 Å². The van der Waals surface area contributed by atoms with Crippen LogP contribution in [0.5, 0.6) is 0 Å². The SMILES string of the molecule is CCCC1(CN=C(NC#N)SC)CC1. The fraction of sp³-hybridized carbons (Fsp3) is 0.800. The summed E-state index contributed by atoms with van der Waals surface area (Å²) in [4.78, 5) is 4.43. The summed E-state index contributed by atoms with van der Waals surface area (Å²) in [5.41, 5.74) is 0.479. The van der Waals surface area contributed by atoms with Crippen molar-refractivity contribution < 1.29 is 0 Å². The summed E-state index contributed by atoms with van der Waals surface area (Å²) >= 11 is 1.50. The van der Waals surface area contributed by atoms with Gasteiger partial charge in [0.2, 0.25) is 0 Å². The van der Waals surface area contributed by atoms with Crippen molar-refractivity contribution in [1.29, 1.82) is 5.26 Å². The van der Waals surface area contributed by atoms with E-state index in [0.717, 1.165) is 11.7 Å². The molecule has 3 nitrogen and oxygen atoms in total. The molecule has 0 amide bonds. The molecule has 0 spiro atoms. The molecule has 1 rings (SSSR count). The van der Waals surface area contributed by atoms with E-state index >= 15 is 0 Å². The number of hydrogen-bond acceptors (Lipinski definition) is 3. The number of nitrogens with one attached hydrogen (secondary N) is 1. The lowest BCUT2D eigenvalue weighted by molar-refractivity contribution is 0.473. The summed E-state index contributed by atoms with van der Waals surface area (Å²) in [6.07, 6.45) is 8.95. The molecule has 0 unspecified atom stereocenters. The normalized spacial score (nSPS) is 18.8. The van der Waals surface area contributed by atoms with Gasteiger partial charge in [-0.15, -0.1) is 0 Å². The van der Waals surface area contributed by atoms with Crippen LogP contribution in [0.2, 0.25) is 0 Å². The molecule has 1 aliphatic carbocycles. The van der Waals surface area contributed by atoms with Gasteiger partial charge in [0.15, 0.2) is 11.4 Å². The zero-order valence-corrected chi connectivity index (χ0v) is 9.65. The second-order valence-corrected chi connectivity index (χ2v) is 4.61. The predicted molar refractivity (Wildman–Crippen MR) is 61.1 cm³/mol. The maximum absolute atomic E-state index is 8.46. The highest BCUT2D eigenvalue weighted by Crippen LogP contribution is 2.49. The Morgan fingerprint density at radius 1 is 1.64 bits per heavy atom. The Hall–Kier alpha value is -0.690. The third-order valence-corrected chi connectivity index (χ3v) is 3.27. The van der Waals surface area contributed by atoms with Crippen molar-refractivity contribution >= 4 is 16.9 Å². The highest BCUT2D eigenvalue weighted by atomic mass is 32.2. The lowest BCUT2D eigenvalue weighted by Crippen LogP contribution is -2.16. The highest BCUT2D eigenvalue weighted by molar-refractivity contribution is 8.13. The predicted octanol–water partition coefficient (Wildman–Crippen LogP) is 2.36. The third-order valence-electron chi connectivity index (χ3n) is 2.65. The average molecular weight is 211 g/mol. The second kappa shape index (κ2) is 5.26. The zero-order valence-electron chi connectivity index (χ0n) is 8.84. The minimum atomic E-state index is 0.479. The smallest absolute Gasteiger partial charge is 0.183 e. The van der Waals surface area contributed by atoms with Gasteiger partial charge in [-0.3, -0.25) is 10.3 Å². The summed E-state index contributed by atoms with van der Waals surface area (Å²) in [7, 11) is 0. The lowest BCUT2D eigenvalue weighted by atomic mass is 10.0. The van der Waals surface area contributed by atoms with Crippen LogP contribution in [-0.4, -0.2) is 18.0 Å². The molecule has 14 heavy (non-hydrogen) atoms. The van der Waals surface area contributed by atoms with Gasteiger partial charge in [-0.25, -0.2) is 0 Å².